The first kappa shape index (κ1) is 24.1. The second kappa shape index (κ2) is 9.44. The Morgan fingerprint density at radius 3 is 2.74 bits per heavy atom. The Morgan fingerprint density at radius 2 is 2.03 bits per heavy atom. The maximum atomic E-state index is 13.7. The van der Waals surface area contributed by atoms with E-state index in [1.807, 2.05) is 23.1 Å². The van der Waals surface area contributed by atoms with Crippen LogP contribution in [0.25, 0.3) is 0 Å². The highest BCUT2D eigenvalue weighted by molar-refractivity contribution is 7.10. The molecule has 3 aliphatic rings. The van der Waals surface area contributed by atoms with E-state index in [-0.39, 0.29) is 11.2 Å². The highest BCUT2D eigenvalue weighted by atomic mass is 35.5. The molecule has 6 nitrogen and oxygen atoms in total. The number of benzene rings is 1. The summed E-state index contributed by atoms with van der Waals surface area (Å²) in [6.07, 6.45) is 1.12. The number of morpholine rings is 1. The van der Waals surface area contributed by atoms with Gasteiger partial charge in [0.05, 0.1) is 30.8 Å². The minimum absolute atomic E-state index is 0.0802. The van der Waals surface area contributed by atoms with E-state index in [1.54, 1.807) is 17.4 Å². The quantitative estimate of drug-likeness (QED) is 0.613. The van der Waals surface area contributed by atoms with Crippen LogP contribution >= 0.6 is 22.9 Å². The number of nitriles is 1. The first-order chi connectivity index (χ1) is 16.8. The molecule has 0 saturated carbocycles. The van der Waals surface area contributed by atoms with Crippen molar-refractivity contribution >= 4 is 34.4 Å². The average molecular weight is 509 g/mol. The second-order valence-corrected chi connectivity index (χ2v) is 11.6. The zero-order valence-electron chi connectivity index (χ0n) is 20.0. The number of thiophene rings is 1. The van der Waals surface area contributed by atoms with Gasteiger partial charge in [0.15, 0.2) is 5.78 Å². The van der Waals surface area contributed by atoms with Gasteiger partial charge in [-0.1, -0.05) is 31.5 Å². The van der Waals surface area contributed by atoms with Crippen LogP contribution in [-0.4, -0.2) is 37.0 Å². The third-order valence-corrected chi connectivity index (χ3v) is 8.20. The number of rotatable bonds is 4. The van der Waals surface area contributed by atoms with Crippen molar-refractivity contribution in [2.45, 2.75) is 39.2 Å². The van der Waals surface area contributed by atoms with Gasteiger partial charge >= 0.3 is 0 Å². The summed E-state index contributed by atoms with van der Waals surface area (Å²) >= 11 is 7.91. The summed E-state index contributed by atoms with van der Waals surface area (Å²) < 4.78 is 5.47. The molecule has 5 rings (SSSR count). The van der Waals surface area contributed by atoms with E-state index >= 15 is 0 Å². The summed E-state index contributed by atoms with van der Waals surface area (Å²) in [7, 11) is 0. The molecule has 1 atom stereocenters. The van der Waals surface area contributed by atoms with Crippen molar-refractivity contribution in [2.75, 3.05) is 31.2 Å². The monoisotopic (exact) mass is 508 g/mol. The molecule has 0 bridgehead atoms. The summed E-state index contributed by atoms with van der Waals surface area (Å²) in [5.74, 6) is 0.00118. The van der Waals surface area contributed by atoms with Gasteiger partial charge in [0.25, 0.3) is 0 Å². The van der Waals surface area contributed by atoms with Crippen molar-refractivity contribution in [1.29, 1.82) is 5.26 Å². The van der Waals surface area contributed by atoms with Crippen LogP contribution in [0.1, 0.15) is 43.0 Å². The lowest BCUT2D eigenvalue weighted by atomic mass is 9.69. The molecule has 182 valence electrons. The number of hydrogen-bond acceptors (Lipinski definition) is 7. The van der Waals surface area contributed by atoms with Gasteiger partial charge in [-0.2, -0.15) is 5.26 Å². The third-order valence-electron chi connectivity index (χ3n) is 6.92. The number of nitrogens with zero attached hydrogens (tertiary/aromatic N) is 3. The summed E-state index contributed by atoms with van der Waals surface area (Å²) in [5.41, 5.74) is 10.4. The number of halogens is 1. The molecule has 1 fully saturated rings. The number of nitrogens with two attached hydrogens (primary N) is 1. The maximum Gasteiger partial charge on any atom is 0.162 e. The highest BCUT2D eigenvalue weighted by Gasteiger charge is 2.45. The molecule has 0 unspecified atom stereocenters. The van der Waals surface area contributed by atoms with Crippen molar-refractivity contribution < 1.29 is 9.53 Å². The molecule has 0 spiro atoms. The fourth-order valence-corrected chi connectivity index (χ4v) is 6.56. The van der Waals surface area contributed by atoms with Gasteiger partial charge in [-0.25, -0.2) is 0 Å². The Morgan fingerprint density at radius 1 is 1.26 bits per heavy atom. The van der Waals surface area contributed by atoms with Crippen LogP contribution in [0.15, 0.2) is 58.4 Å². The molecule has 1 aromatic heterocycles. The van der Waals surface area contributed by atoms with Gasteiger partial charge in [-0.05, 0) is 47.0 Å². The highest BCUT2D eigenvalue weighted by Crippen LogP contribution is 2.51. The summed E-state index contributed by atoms with van der Waals surface area (Å²) in [4.78, 5) is 18.9. The van der Waals surface area contributed by atoms with Crippen molar-refractivity contribution in [3.05, 3.63) is 73.8 Å². The van der Waals surface area contributed by atoms with Gasteiger partial charge in [-0.15, -0.1) is 11.3 Å². The van der Waals surface area contributed by atoms with E-state index in [4.69, 9.17) is 22.1 Å². The molecule has 2 aromatic rings. The first-order valence-corrected chi connectivity index (χ1v) is 13.1. The van der Waals surface area contributed by atoms with E-state index < -0.39 is 5.92 Å². The minimum atomic E-state index is -0.447. The van der Waals surface area contributed by atoms with Crippen molar-refractivity contribution in [3.63, 3.8) is 0 Å². The SMILES string of the molecule is CC1(C)CC(=O)C2=C(C1)N(c1cccc(Cl)c1)C(N)=C(C#N)[C@@H]2c1cc(CN2CCOCC2)cs1. The van der Waals surface area contributed by atoms with E-state index in [1.165, 1.54) is 5.56 Å². The van der Waals surface area contributed by atoms with Gasteiger partial charge in [0, 0.05) is 52.9 Å². The van der Waals surface area contributed by atoms with Crippen LogP contribution in [0.4, 0.5) is 5.69 Å². The number of carbonyl (C=O) groups excluding carboxylic acids is 1. The molecular weight excluding hydrogens is 480 g/mol. The smallest absolute Gasteiger partial charge is 0.162 e. The number of ketones is 1. The average Bonchev–Trinajstić information content (AvgIpc) is 3.26. The standard InChI is InChI=1S/C27H29ClN4O2S/c1-27(2)12-21-25(22(33)13-27)24(23-10-17(16-35-23)15-31-6-8-34-9-7-31)20(14-29)26(30)32(21)19-5-3-4-18(28)11-19/h3-5,10-11,16,24H,6-9,12-13,15,30H2,1-2H3/t24-/m1/s1. The van der Waals surface area contributed by atoms with Crippen molar-refractivity contribution in [3.8, 4) is 6.07 Å². The zero-order valence-corrected chi connectivity index (χ0v) is 21.6. The van der Waals surface area contributed by atoms with E-state index in [0.29, 0.717) is 34.8 Å². The summed E-state index contributed by atoms with van der Waals surface area (Å²) in [6.45, 7) is 8.34. The van der Waals surface area contributed by atoms with Crippen molar-refractivity contribution in [1.82, 2.24) is 4.90 Å². The topological polar surface area (TPSA) is 82.6 Å². The third kappa shape index (κ3) is 4.64. The fraction of sp³-hybridized carbons (Fsp3) is 0.407. The summed E-state index contributed by atoms with van der Waals surface area (Å²) in [6, 6.07) is 11.9. The fourth-order valence-electron chi connectivity index (χ4n) is 5.35. The number of Topliss-reactive ketones (excluding diaryl/α,β-unsaturated/α-hetero) is 1. The van der Waals surface area contributed by atoms with E-state index in [0.717, 1.165) is 49.1 Å². The van der Waals surface area contributed by atoms with Crippen LogP contribution in [-0.2, 0) is 16.1 Å². The number of ether oxygens (including phenoxy) is 1. The molecule has 0 amide bonds. The Kier molecular flexibility index (Phi) is 6.49. The molecule has 1 saturated heterocycles. The molecule has 8 heteroatoms. The van der Waals surface area contributed by atoms with Crippen LogP contribution in [0.5, 0.6) is 0 Å². The van der Waals surface area contributed by atoms with Crippen LogP contribution < -0.4 is 10.6 Å². The Bertz CT molecular complexity index is 1270. The predicted octanol–water partition coefficient (Wildman–Crippen LogP) is 5.17. The van der Waals surface area contributed by atoms with Gasteiger partial charge in [0.2, 0.25) is 0 Å². The predicted molar refractivity (Wildman–Crippen MR) is 139 cm³/mol. The van der Waals surface area contributed by atoms with E-state index in [2.05, 4.69) is 36.3 Å². The number of anilines is 1. The summed E-state index contributed by atoms with van der Waals surface area (Å²) in [5, 5.41) is 13.0. The van der Waals surface area contributed by atoms with Crippen molar-refractivity contribution in [2.24, 2.45) is 11.1 Å². The molecule has 2 N–H and O–H groups in total. The first-order valence-electron chi connectivity index (χ1n) is 11.9. The Labute approximate surface area is 215 Å². The molecule has 3 heterocycles. The molecular formula is C27H29ClN4O2S. The van der Waals surface area contributed by atoms with E-state index in [9.17, 15) is 10.1 Å². The largest absolute Gasteiger partial charge is 0.384 e. The Balaban J connectivity index is 1.61. The maximum absolute atomic E-state index is 13.7. The number of hydrogen-bond donors (Lipinski definition) is 1. The minimum Gasteiger partial charge on any atom is -0.384 e. The second-order valence-electron chi connectivity index (χ2n) is 10.2. The molecule has 1 aromatic carbocycles. The molecule has 0 radical (unpaired) electrons. The Hall–Kier alpha value is -2.63. The normalized spacial score (nSPS) is 22.9. The number of carbonyl (C=O) groups is 1. The van der Waals surface area contributed by atoms with Crippen LogP contribution in [0, 0.1) is 16.7 Å². The lowest BCUT2D eigenvalue weighted by Crippen LogP contribution is -2.42. The van der Waals surface area contributed by atoms with Crippen LogP contribution in [0.3, 0.4) is 0 Å². The van der Waals surface area contributed by atoms with Gasteiger partial charge in [0.1, 0.15) is 5.82 Å². The molecule has 35 heavy (non-hydrogen) atoms. The molecule has 2 aliphatic heterocycles. The van der Waals surface area contributed by atoms with Gasteiger partial charge < -0.3 is 10.5 Å². The molecule has 1 aliphatic carbocycles. The lowest BCUT2D eigenvalue weighted by Gasteiger charge is -2.43. The lowest BCUT2D eigenvalue weighted by molar-refractivity contribution is -0.118. The van der Waals surface area contributed by atoms with Crippen LogP contribution in [0.2, 0.25) is 5.02 Å². The van der Waals surface area contributed by atoms with Gasteiger partial charge in [-0.3, -0.25) is 14.6 Å². The number of allylic oxidation sites excluding steroid dienone is 3. The zero-order chi connectivity index (χ0) is 24.7.